The van der Waals surface area contributed by atoms with Crippen LogP contribution in [0.4, 0.5) is 24.7 Å². The summed E-state index contributed by atoms with van der Waals surface area (Å²) in [7, 11) is 0. The summed E-state index contributed by atoms with van der Waals surface area (Å²) in [6.07, 6.45) is 5.82. The molecule has 2 fully saturated rings. The Morgan fingerprint density at radius 1 is 0.927 bits per heavy atom. The fourth-order valence-electron chi connectivity index (χ4n) is 6.52. The van der Waals surface area contributed by atoms with Gasteiger partial charge in [0.05, 0.1) is 5.56 Å². The molecular weight excluding hydrogens is 521 g/mol. The van der Waals surface area contributed by atoms with Gasteiger partial charge in [-0.2, -0.15) is 13.2 Å². The molecule has 2 heterocycles. The van der Waals surface area contributed by atoms with Crippen LogP contribution in [0.3, 0.4) is 0 Å². The number of nitrogens with zero attached hydrogens (tertiary/aromatic N) is 2. The van der Waals surface area contributed by atoms with Gasteiger partial charge in [-0.15, -0.1) is 0 Å². The Bertz CT molecular complexity index is 1260. The smallest absolute Gasteiger partial charge is 0.371 e. The zero-order chi connectivity index (χ0) is 28.8. The van der Waals surface area contributed by atoms with Crippen molar-refractivity contribution in [3.8, 4) is 11.1 Å². The second-order valence-corrected chi connectivity index (χ2v) is 12.2. The van der Waals surface area contributed by atoms with E-state index in [0.717, 1.165) is 50.4 Å². The SMILES string of the molecule is CC(C)NCc1cccc(-c2ccnc(N[C@@H]3CCCC[C@H]3C[C@H]3CCCN(c4ccc(C(F)(F)F)cc4)C3)c2)c1. The summed E-state index contributed by atoms with van der Waals surface area (Å²) in [6.45, 7) is 6.98. The monoisotopic (exact) mass is 564 g/mol. The number of pyridine rings is 1. The lowest BCUT2D eigenvalue weighted by Gasteiger charge is -2.39. The van der Waals surface area contributed by atoms with Crippen LogP contribution in [0.5, 0.6) is 0 Å². The largest absolute Gasteiger partial charge is 0.416 e. The van der Waals surface area contributed by atoms with Gasteiger partial charge >= 0.3 is 6.18 Å². The minimum atomic E-state index is -4.30. The normalized spacial score (nSPS) is 21.7. The number of piperidine rings is 1. The van der Waals surface area contributed by atoms with Gasteiger partial charge in [-0.3, -0.25) is 0 Å². The molecule has 1 saturated carbocycles. The Kier molecular flexibility index (Phi) is 9.53. The van der Waals surface area contributed by atoms with E-state index in [4.69, 9.17) is 0 Å². The maximum absolute atomic E-state index is 13.0. The summed E-state index contributed by atoms with van der Waals surface area (Å²) in [5, 5.41) is 7.30. The Morgan fingerprint density at radius 3 is 2.49 bits per heavy atom. The van der Waals surface area contributed by atoms with E-state index < -0.39 is 11.7 Å². The molecule has 1 aliphatic heterocycles. The fourth-order valence-corrected chi connectivity index (χ4v) is 6.52. The average molecular weight is 565 g/mol. The van der Waals surface area contributed by atoms with Crippen LogP contribution < -0.4 is 15.5 Å². The number of anilines is 2. The molecule has 2 aromatic carbocycles. The first-order chi connectivity index (χ1) is 19.7. The van der Waals surface area contributed by atoms with Gasteiger partial charge in [-0.05, 0) is 103 Å². The number of rotatable bonds is 9. The molecule has 7 heteroatoms. The number of hydrogen-bond donors (Lipinski definition) is 2. The second-order valence-electron chi connectivity index (χ2n) is 12.2. The van der Waals surface area contributed by atoms with Crippen molar-refractivity contribution in [3.63, 3.8) is 0 Å². The van der Waals surface area contributed by atoms with Gasteiger partial charge < -0.3 is 15.5 Å². The van der Waals surface area contributed by atoms with Crippen LogP contribution in [0.15, 0.2) is 66.9 Å². The Balaban J connectivity index is 1.22. The van der Waals surface area contributed by atoms with Gasteiger partial charge in [0.1, 0.15) is 5.82 Å². The third-order valence-electron chi connectivity index (χ3n) is 8.69. The van der Waals surface area contributed by atoms with E-state index in [1.165, 1.54) is 54.5 Å². The highest BCUT2D eigenvalue weighted by atomic mass is 19.4. The number of nitrogens with one attached hydrogen (secondary N) is 2. The van der Waals surface area contributed by atoms with Gasteiger partial charge in [0.25, 0.3) is 0 Å². The zero-order valence-electron chi connectivity index (χ0n) is 24.3. The molecule has 1 aliphatic carbocycles. The molecule has 0 unspecified atom stereocenters. The van der Waals surface area contributed by atoms with Gasteiger partial charge in [0.15, 0.2) is 0 Å². The highest BCUT2D eigenvalue weighted by molar-refractivity contribution is 5.67. The quantitative estimate of drug-likeness (QED) is 0.273. The summed E-state index contributed by atoms with van der Waals surface area (Å²) >= 11 is 0. The van der Waals surface area contributed by atoms with Crippen LogP contribution in [-0.2, 0) is 12.7 Å². The number of halogens is 3. The third-order valence-corrected chi connectivity index (χ3v) is 8.69. The Labute approximate surface area is 242 Å². The van der Waals surface area contributed by atoms with Crippen LogP contribution >= 0.6 is 0 Å². The molecule has 0 radical (unpaired) electrons. The van der Waals surface area contributed by atoms with Crippen molar-refractivity contribution in [1.29, 1.82) is 0 Å². The van der Waals surface area contributed by atoms with E-state index >= 15 is 0 Å². The molecule has 2 N–H and O–H groups in total. The lowest BCUT2D eigenvalue weighted by Crippen LogP contribution is -2.39. The van der Waals surface area contributed by atoms with Gasteiger partial charge in [0, 0.05) is 43.6 Å². The van der Waals surface area contributed by atoms with E-state index in [0.29, 0.717) is 23.9 Å². The number of hydrogen-bond acceptors (Lipinski definition) is 4. The first kappa shape index (κ1) is 29.4. The van der Waals surface area contributed by atoms with Crippen molar-refractivity contribution in [1.82, 2.24) is 10.3 Å². The predicted octanol–water partition coefficient (Wildman–Crippen LogP) is 8.54. The van der Waals surface area contributed by atoms with Crippen molar-refractivity contribution in [2.24, 2.45) is 11.8 Å². The van der Waals surface area contributed by atoms with Crippen molar-refractivity contribution in [2.75, 3.05) is 23.3 Å². The average Bonchev–Trinajstić information content (AvgIpc) is 2.97. The van der Waals surface area contributed by atoms with E-state index in [1.54, 1.807) is 12.1 Å². The molecule has 41 heavy (non-hydrogen) atoms. The standard InChI is InChI=1S/C34H43F3N4/c1-24(2)39-22-25-7-5-10-27(19-25)28-16-17-38-33(21-28)40-32-11-4-3-9-29(32)20-26-8-6-18-41(23-26)31-14-12-30(13-15-31)34(35,36)37/h5,7,10,12-17,19,21,24,26,29,32,39H,3-4,6,8-9,11,18,20,22-23H2,1-2H3,(H,38,40)/t26-,29+,32-/m1/s1. The highest BCUT2D eigenvalue weighted by Gasteiger charge is 2.32. The highest BCUT2D eigenvalue weighted by Crippen LogP contribution is 2.36. The first-order valence-corrected chi connectivity index (χ1v) is 15.2. The Hall–Kier alpha value is -3.06. The molecule has 220 valence electrons. The molecule has 4 nitrogen and oxygen atoms in total. The lowest BCUT2D eigenvalue weighted by atomic mass is 9.77. The minimum absolute atomic E-state index is 0.384. The zero-order valence-corrected chi connectivity index (χ0v) is 24.3. The topological polar surface area (TPSA) is 40.2 Å². The molecule has 0 spiro atoms. The van der Waals surface area contributed by atoms with Crippen molar-refractivity contribution < 1.29 is 13.2 Å². The number of alkyl halides is 3. The molecule has 0 amide bonds. The fraction of sp³-hybridized carbons (Fsp3) is 0.500. The molecule has 3 aromatic rings. The van der Waals surface area contributed by atoms with E-state index in [1.807, 2.05) is 6.20 Å². The summed E-state index contributed by atoms with van der Waals surface area (Å²) in [6, 6.07) is 19.5. The molecule has 2 aliphatic rings. The molecular formula is C34H43F3N4. The van der Waals surface area contributed by atoms with Crippen LogP contribution in [0.1, 0.15) is 69.9 Å². The first-order valence-electron chi connectivity index (χ1n) is 15.2. The van der Waals surface area contributed by atoms with Gasteiger partial charge in [-0.1, -0.05) is 44.9 Å². The van der Waals surface area contributed by atoms with Crippen LogP contribution in [0, 0.1) is 11.8 Å². The van der Waals surface area contributed by atoms with Crippen molar-refractivity contribution in [3.05, 3.63) is 78.0 Å². The van der Waals surface area contributed by atoms with Crippen LogP contribution in [-0.4, -0.2) is 30.2 Å². The summed E-state index contributed by atoms with van der Waals surface area (Å²) in [5.74, 6) is 2.04. The van der Waals surface area contributed by atoms with Gasteiger partial charge in [0.2, 0.25) is 0 Å². The number of benzene rings is 2. The molecule has 1 saturated heterocycles. The van der Waals surface area contributed by atoms with E-state index in [9.17, 15) is 13.2 Å². The maximum atomic E-state index is 13.0. The van der Waals surface area contributed by atoms with Crippen LogP contribution in [0.2, 0.25) is 0 Å². The summed E-state index contributed by atoms with van der Waals surface area (Å²) in [4.78, 5) is 6.96. The summed E-state index contributed by atoms with van der Waals surface area (Å²) in [5.41, 5.74) is 3.95. The molecule has 5 rings (SSSR count). The molecule has 0 bridgehead atoms. The van der Waals surface area contributed by atoms with Crippen LogP contribution in [0.25, 0.3) is 11.1 Å². The Morgan fingerprint density at radius 2 is 1.71 bits per heavy atom. The van der Waals surface area contributed by atoms with Crippen molar-refractivity contribution >= 4 is 11.5 Å². The van der Waals surface area contributed by atoms with Gasteiger partial charge in [-0.25, -0.2) is 4.98 Å². The van der Waals surface area contributed by atoms with E-state index in [-0.39, 0.29) is 0 Å². The van der Waals surface area contributed by atoms with E-state index in [2.05, 4.69) is 70.8 Å². The molecule has 3 atom stereocenters. The maximum Gasteiger partial charge on any atom is 0.416 e. The minimum Gasteiger partial charge on any atom is -0.371 e. The lowest BCUT2D eigenvalue weighted by molar-refractivity contribution is -0.137. The summed E-state index contributed by atoms with van der Waals surface area (Å²) < 4.78 is 39.1. The predicted molar refractivity (Wildman–Crippen MR) is 162 cm³/mol. The number of aromatic nitrogens is 1. The van der Waals surface area contributed by atoms with Crippen molar-refractivity contribution in [2.45, 2.75) is 83.6 Å². The second kappa shape index (κ2) is 13.3. The third kappa shape index (κ3) is 8.03. The molecule has 1 aromatic heterocycles.